The first-order valence-electron chi connectivity index (χ1n) is 7.43. The van der Waals surface area contributed by atoms with Gasteiger partial charge in [0.2, 0.25) is 0 Å². The van der Waals surface area contributed by atoms with Crippen LogP contribution in [0.2, 0.25) is 0 Å². The molecule has 0 amide bonds. The fourth-order valence-electron chi connectivity index (χ4n) is 2.80. The third-order valence-electron chi connectivity index (χ3n) is 4.06. The van der Waals surface area contributed by atoms with Crippen molar-refractivity contribution in [1.82, 2.24) is 0 Å². The number of ether oxygens (including phenoxy) is 2. The highest BCUT2D eigenvalue weighted by molar-refractivity contribution is 7.65. The smallest absolute Gasteiger partial charge is 0.280 e. The van der Waals surface area contributed by atoms with Crippen molar-refractivity contribution in [2.24, 2.45) is 5.92 Å². The Balaban J connectivity index is 0.00000364. The Morgan fingerprint density at radius 3 is 2.15 bits per heavy atom. The largest absolute Gasteiger partial charge is 0.756 e. The van der Waals surface area contributed by atoms with Crippen LogP contribution in [0.1, 0.15) is 19.3 Å². The molecule has 1 saturated heterocycles. The number of aliphatic hydroxyl groups excluding tert-OH is 1. The summed E-state index contributed by atoms with van der Waals surface area (Å²) >= 11 is 0. The summed E-state index contributed by atoms with van der Waals surface area (Å²) in [6, 6.07) is 0. The maximum Gasteiger partial charge on any atom is 0.280 e. The monoisotopic (exact) mass is 450 g/mol. The van der Waals surface area contributed by atoms with E-state index >= 15 is 0 Å². The minimum absolute atomic E-state index is 0. The second-order valence-corrected chi connectivity index (χ2v) is 10.1. The van der Waals surface area contributed by atoms with Crippen LogP contribution >= 0.6 is 23.5 Å². The van der Waals surface area contributed by atoms with Gasteiger partial charge in [0.1, 0.15) is 18.3 Å². The van der Waals surface area contributed by atoms with Crippen molar-refractivity contribution in [3.8, 4) is 0 Å². The van der Waals surface area contributed by atoms with Crippen molar-refractivity contribution < 1.29 is 61.0 Å². The number of hydrogen-bond acceptors (Lipinski definition) is 12. The Hall–Kier alpha value is 0.355. The van der Waals surface area contributed by atoms with Gasteiger partial charge in [-0.25, -0.2) is 8.62 Å². The topological polar surface area (TPSA) is 207 Å². The Kier molecular flexibility index (Phi) is 8.88. The molecular weight excluding hydrogens is 432 g/mol. The molecule has 1 saturated carbocycles. The Morgan fingerprint density at radius 1 is 1.11 bits per heavy atom. The maximum absolute atomic E-state index is 11.5. The van der Waals surface area contributed by atoms with Gasteiger partial charge in [-0.1, -0.05) is 6.42 Å². The summed E-state index contributed by atoms with van der Waals surface area (Å²) in [5.41, 5.74) is 0. The van der Waals surface area contributed by atoms with Crippen LogP contribution in [0, 0.1) is 5.92 Å². The highest BCUT2D eigenvalue weighted by atomic mass is 31.3. The summed E-state index contributed by atoms with van der Waals surface area (Å²) in [6.45, 7) is -0.756. The average molecular weight is 450 g/mol. The molecule has 3 radical (unpaired) electrons. The van der Waals surface area contributed by atoms with E-state index in [4.69, 9.17) is 14.4 Å². The van der Waals surface area contributed by atoms with Gasteiger partial charge in [0, 0.05) is 15.5 Å². The SMILES string of the molecule is COC1[C@@H](COP(=O)([O-])OP(=O)([O-])OP(=O)([O-])O)O[C@@H](C2CCC2)[C@H]1O.[B]. The van der Waals surface area contributed by atoms with Gasteiger partial charge in [0.15, 0.2) is 0 Å². The minimum atomic E-state index is -5.95. The van der Waals surface area contributed by atoms with Crippen LogP contribution in [-0.2, 0) is 36.3 Å². The number of aliphatic hydroxyl groups is 1. The normalized spacial score (nSPS) is 35.3. The van der Waals surface area contributed by atoms with Crippen molar-refractivity contribution in [2.45, 2.75) is 43.7 Å². The van der Waals surface area contributed by atoms with Crippen molar-refractivity contribution in [2.75, 3.05) is 13.7 Å². The first-order chi connectivity index (χ1) is 11.8. The molecule has 4 unspecified atom stereocenters. The number of rotatable bonds is 9. The van der Waals surface area contributed by atoms with E-state index in [1.807, 2.05) is 0 Å². The molecular formula is C10H18BO13P3-3. The first-order valence-corrected chi connectivity index (χ1v) is 11.8. The van der Waals surface area contributed by atoms with Gasteiger partial charge in [-0.15, -0.1) is 0 Å². The van der Waals surface area contributed by atoms with Crippen LogP contribution in [0.4, 0.5) is 0 Å². The molecule has 1 heterocycles. The van der Waals surface area contributed by atoms with Crippen LogP contribution < -0.4 is 14.7 Å². The second-order valence-electron chi connectivity index (χ2n) is 5.84. The molecule has 157 valence electrons. The molecule has 17 heteroatoms. The molecule has 1 aliphatic heterocycles. The van der Waals surface area contributed by atoms with Crippen LogP contribution in [0.3, 0.4) is 0 Å². The first kappa shape index (κ1) is 25.4. The Morgan fingerprint density at radius 2 is 1.70 bits per heavy atom. The predicted molar refractivity (Wildman–Crippen MR) is 81.7 cm³/mol. The fraction of sp³-hybridized carbons (Fsp3) is 1.00. The molecule has 2 rings (SSSR count). The van der Waals surface area contributed by atoms with E-state index in [9.17, 15) is 33.5 Å². The highest BCUT2D eigenvalue weighted by Gasteiger charge is 2.48. The van der Waals surface area contributed by atoms with Gasteiger partial charge >= 0.3 is 0 Å². The molecule has 2 aliphatic rings. The summed E-state index contributed by atoms with van der Waals surface area (Å²) in [6.07, 6.45) is -0.918. The van der Waals surface area contributed by atoms with Crippen LogP contribution in [0.15, 0.2) is 0 Å². The van der Waals surface area contributed by atoms with Gasteiger partial charge in [0.25, 0.3) is 23.5 Å². The summed E-state index contributed by atoms with van der Waals surface area (Å²) in [7, 11) is -16.1. The van der Waals surface area contributed by atoms with Crippen molar-refractivity contribution in [1.29, 1.82) is 0 Å². The van der Waals surface area contributed by atoms with Gasteiger partial charge in [0.05, 0.1) is 12.7 Å². The quantitative estimate of drug-likeness (QED) is 0.288. The zero-order chi connectivity index (χ0) is 19.8. The second kappa shape index (κ2) is 9.44. The number of phosphoric acid groups is 3. The summed E-state index contributed by atoms with van der Waals surface area (Å²) in [4.78, 5) is 41.3. The van der Waals surface area contributed by atoms with Gasteiger partial charge < -0.3 is 38.7 Å². The van der Waals surface area contributed by atoms with Crippen LogP contribution in [0.25, 0.3) is 0 Å². The van der Waals surface area contributed by atoms with E-state index in [-0.39, 0.29) is 14.3 Å². The van der Waals surface area contributed by atoms with Crippen LogP contribution in [-0.4, -0.2) is 56.5 Å². The van der Waals surface area contributed by atoms with E-state index in [1.165, 1.54) is 7.11 Å². The minimum Gasteiger partial charge on any atom is -0.756 e. The van der Waals surface area contributed by atoms with Gasteiger partial charge in [-0.3, -0.25) is 13.7 Å². The molecule has 0 spiro atoms. The van der Waals surface area contributed by atoms with E-state index in [1.54, 1.807) is 0 Å². The lowest BCUT2D eigenvalue weighted by molar-refractivity contribution is -0.250. The molecule has 1 aliphatic carbocycles. The van der Waals surface area contributed by atoms with Crippen molar-refractivity contribution in [3.05, 3.63) is 0 Å². The molecule has 2 fully saturated rings. The third-order valence-corrected chi connectivity index (χ3v) is 7.75. The third kappa shape index (κ3) is 7.28. The van der Waals surface area contributed by atoms with Gasteiger partial charge in [-0.05, 0) is 18.8 Å². The van der Waals surface area contributed by atoms with E-state index in [2.05, 4.69) is 13.1 Å². The molecule has 0 aromatic carbocycles. The Labute approximate surface area is 157 Å². The highest BCUT2D eigenvalue weighted by Crippen LogP contribution is 2.61. The molecule has 0 bridgehead atoms. The zero-order valence-electron chi connectivity index (χ0n) is 14.0. The zero-order valence-corrected chi connectivity index (χ0v) is 16.7. The fourth-order valence-corrected chi connectivity index (χ4v) is 5.70. The lowest BCUT2D eigenvalue weighted by Gasteiger charge is -2.33. The van der Waals surface area contributed by atoms with Crippen LogP contribution in [0.5, 0.6) is 0 Å². The van der Waals surface area contributed by atoms with Crippen molar-refractivity contribution in [3.63, 3.8) is 0 Å². The summed E-state index contributed by atoms with van der Waals surface area (Å²) in [5, 5.41) is 10.2. The van der Waals surface area contributed by atoms with E-state index in [0.29, 0.717) is 0 Å². The van der Waals surface area contributed by atoms with E-state index < -0.39 is 54.5 Å². The lowest BCUT2D eigenvalue weighted by Crippen LogP contribution is -2.39. The molecule has 27 heavy (non-hydrogen) atoms. The lowest BCUT2D eigenvalue weighted by atomic mass is 9.79. The summed E-state index contributed by atoms with van der Waals surface area (Å²) < 4.78 is 54.7. The average Bonchev–Trinajstić information content (AvgIpc) is 2.67. The maximum atomic E-state index is 11.5. The molecule has 13 nitrogen and oxygen atoms in total. The molecule has 0 aromatic heterocycles. The predicted octanol–water partition coefficient (Wildman–Crippen LogP) is -2.00. The number of methoxy groups -OCH3 is 1. The Bertz CT molecular complexity index is 636. The number of phosphoric ester groups is 1. The standard InChI is InChI=1S/C10H21O13P3.B/c1-19-10-7(21-9(8(10)11)6-3-2-4-6)5-20-25(15,16)23-26(17,18)22-24(12,13)14;/h6-11H,2-5H2,1H3,(H,15,16)(H,17,18)(H2,12,13,14);/p-3/t7-,8-,9+,10?;/m1./s1. The molecule has 2 N–H and O–H groups in total. The summed E-state index contributed by atoms with van der Waals surface area (Å²) in [5.74, 6) is 0.0916. The van der Waals surface area contributed by atoms with Gasteiger partial charge in [-0.2, -0.15) is 0 Å². The van der Waals surface area contributed by atoms with E-state index in [0.717, 1.165) is 19.3 Å². The number of hydrogen-bond donors (Lipinski definition) is 2. The van der Waals surface area contributed by atoms with Crippen molar-refractivity contribution >= 4 is 31.9 Å². The molecule has 0 aromatic rings. The molecule has 7 atom stereocenters.